The van der Waals surface area contributed by atoms with E-state index in [9.17, 15) is 4.79 Å². The van der Waals surface area contributed by atoms with Crippen LogP contribution in [0.5, 0.6) is 0 Å². The second kappa shape index (κ2) is 7.70. The zero-order valence-corrected chi connectivity index (χ0v) is 16.1. The summed E-state index contributed by atoms with van der Waals surface area (Å²) in [7, 11) is 0. The Morgan fingerprint density at radius 3 is 2.50 bits per heavy atom. The first-order valence-electron chi connectivity index (χ1n) is 9.01. The van der Waals surface area contributed by atoms with Crippen molar-refractivity contribution in [3.8, 4) is 0 Å². The van der Waals surface area contributed by atoms with Gasteiger partial charge in [-0.2, -0.15) is 0 Å². The maximum absolute atomic E-state index is 12.4. The zero-order chi connectivity index (χ0) is 19.5. The molecule has 1 aromatic heterocycles. The fourth-order valence-electron chi connectivity index (χ4n) is 3.23. The molecule has 1 heterocycles. The zero-order valence-electron chi connectivity index (χ0n) is 15.3. The first kappa shape index (κ1) is 18.0. The quantitative estimate of drug-likeness (QED) is 0.326. The number of thiocarbonyl (C=S) groups is 1. The summed E-state index contributed by atoms with van der Waals surface area (Å²) >= 11 is 5.53. The van der Waals surface area contributed by atoms with Crippen molar-refractivity contribution in [2.24, 2.45) is 0 Å². The molecule has 0 bridgehead atoms. The van der Waals surface area contributed by atoms with Gasteiger partial charge in [0.2, 0.25) is 0 Å². The number of H-pyrrole nitrogens is 1. The summed E-state index contributed by atoms with van der Waals surface area (Å²) in [5.74, 6) is -0.422. The number of carbonyl (C=O) groups excluding carboxylic acids is 1. The van der Waals surface area contributed by atoms with E-state index in [0.717, 1.165) is 27.4 Å². The van der Waals surface area contributed by atoms with Crippen molar-refractivity contribution in [3.63, 3.8) is 0 Å². The third kappa shape index (κ3) is 3.42. The Kier molecular flexibility index (Phi) is 4.95. The standard InChI is InChI=1S/C22H19N3O2S/c1-2-27-21(26)20-19(16-11-5-6-12-18(16)23-20)25-22(28)24-17-13-7-9-14-8-3-4-10-15(14)17/h3-13,23H,2H2,1H3,(H2,24,25,28). The summed E-state index contributed by atoms with van der Waals surface area (Å²) in [6.45, 7) is 2.08. The molecule has 3 N–H and O–H groups in total. The van der Waals surface area contributed by atoms with Crippen LogP contribution in [0.2, 0.25) is 0 Å². The van der Waals surface area contributed by atoms with Crippen molar-refractivity contribution < 1.29 is 9.53 Å². The molecule has 0 spiro atoms. The van der Waals surface area contributed by atoms with Crippen LogP contribution in [-0.2, 0) is 4.74 Å². The van der Waals surface area contributed by atoms with Gasteiger partial charge >= 0.3 is 5.97 Å². The minimum absolute atomic E-state index is 0.298. The maximum Gasteiger partial charge on any atom is 0.356 e. The molecule has 0 atom stereocenters. The van der Waals surface area contributed by atoms with Crippen LogP contribution in [0.3, 0.4) is 0 Å². The summed E-state index contributed by atoms with van der Waals surface area (Å²) in [4.78, 5) is 15.5. The van der Waals surface area contributed by atoms with Gasteiger partial charge in [0, 0.05) is 22.0 Å². The van der Waals surface area contributed by atoms with E-state index >= 15 is 0 Å². The number of ether oxygens (including phenoxy) is 1. The lowest BCUT2D eigenvalue weighted by Crippen LogP contribution is -2.21. The molecule has 4 aromatic rings. The van der Waals surface area contributed by atoms with Crippen LogP contribution in [-0.4, -0.2) is 22.7 Å². The number of hydrogen-bond acceptors (Lipinski definition) is 3. The molecule has 0 radical (unpaired) electrons. The fraction of sp³-hybridized carbons (Fsp3) is 0.0909. The molecular formula is C22H19N3O2S. The smallest absolute Gasteiger partial charge is 0.356 e. The van der Waals surface area contributed by atoms with Crippen LogP contribution in [0.4, 0.5) is 11.4 Å². The SMILES string of the molecule is CCOC(=O)c1[nH]c2ccccc2c1NC(=S)Nc1cccc2ccccc12. The third-order valence-corrected chi connectivity index (χ3v) is 4.67. The molecule has 4 rings (SSSR count). The summed E-state index contributed by atoms with van der Waals surface area (Å²) in [5, 5.41) is 9.87. The molecular weight excluding hydrogens is 370 g/mol. The maximum atomic E-state index is 12.4. The van der Waals surface area contributed by atoms with E-state index in [2.05, 4.69) is 27.8 Å². The monoisotopic (exact) mass is 389 g/mol. The predicted octanol–water partition coefficient (Wildman–Crippen LogP) is 5.31. The van der Waals surface area contributed by atoms with Crippen molar-refractivity contribution >= 4 is 56.3 Å². The molecule has 28 heavy (non-hydrogen) atoms. The molecule has 0 amide bonds. The second-order valence-electron chi connectivity index (χ2n) is 6.25. The molecule has 0 fully saturated rings. The average Bonchev–Trinajstić information content (AvgIpc) is 3.07. The van der Waals surface area contributed by atoms with E-state index in [4.69, 9.17) is 17.0 Å². The Hall–Kier alpha value is -3.38. The van der Waals surface area contributed by atoms with Gasteiger partial charge in [0.05, 0.1) is 12.3 Å². The summed E-state index contributed by atoms with van der Waals surface area (Å²) in [6.07, 6.45) is 0. The van der Waals surface area contributed by atoms with Crippen LogP contribution in [0, 0.1) is 0 Å². The van der Waals surface area contributed by atoms with Crippen LogP contribution in [0.1, 0.15) is 17.4 Å². The first-order valence-corrected chi connectivity index (χ1v) is 9.42. The number of aromatic nitrogens is 1. The highest BCUT2D eigenvalue weighted by molar-refractivity contribution is 7.80. The third-order valence-electron chi connectivity index (χ3n) is 4.46. The Labute approximate surface area is 167 Å². The van der Waals surface area contributed by atoms with Gasteiger partial charge in [-0.15, -0.1) is 0 Å². The highest BCUT2D eigenvalue weighted by Crippen LogP contribution is 2.29. The fourth-order valence-corrected chi connectivity index (χ4v) is 3.44. The molecule has 3 aromatic carbocycles. The Morgan fingerprint density at radius 1 is 0.964 bits per heavy atom. The molecule has 0 aliphatic heterocycles. The lowest BCUT2D eigenvalue weighted by Gasteiger charge is -2.13. The van der Waals surface area contributed by atoms with E-state index in [-0.39, 0.29) is 0 Å². The number of aromatic amines is 1. The lowest BCUT2D eigenvalue weighted by molar-refractivity contribution is 0.0522. The van der Waals surface area contributed by atoms with Crippen molar-refractivity contribution in [3.05, 3.63) is 72.4 Å². The van der Waals surface area contributed by atoms with Crippen molar-refractivity contribution in [1.82, 2.24) is 4.98 Å². The first-order chi connectivity index (χ1) is 13.7. The van der Waals surface area contributed by atoms with Crippen LogP contribution >= 0.6 is 12.2 Å². The number of hydrogen-bond donors (Lipinski definition) is 3. The highest BCUT2D eigenvalue weighted by Gasteiger charge is 2.19. The van der Waals surface area contributed by atoms with Gasteiger partial charge in [-0.3, -0.25) is 0 Å². The highest BCUT2D eigenvalue weighted by atomic mass is 32.1. The largest absolute Gasteiger partial charge is 0.461 e. The van der Waals surface area contributed by atoms with E-state index in [0.29, 0.717) is 23.1 Å². The normalized spacial score (nSPS) is 10.8. The van der Waals surface area contributed by atoms with Gasteiger partial charge in [0.15, 0.2) is 5.11 Å². The van der Waals surface area contributed by atoms with Crippen LogP contribution in [0.15, 0.2) is 66.7 Å². The Balaban J connectivity index is 1.66. The molecule has 0 aliphatic carbocycles. The predicted molar refractivity (Wildman–Crippen MR) is 118 cm³/mol. The molecule has 6 heteroatoms. The summed E-state index contributed by atoms with van der Waals surface area (Å²) < 4.78 is 5.18. The molecule has 0 saturated carbocycles. The van der Waals surface area contributed by atoms with Crippen molar-refractivity contribution in [1.29, 1.82) is 0 Å². The van der Waals surface area contributed by atoms with E-state index < -0.39 is 5.97 Å². The number of esters is 1. The summed E-state index contributed by atoms with van der Waals surface area (Å²) in [5.41, 5.74) is 2.69. The van der Waals surface area contributed by atoms with Crippen molar-refractivity contribution in [2.75, 3.05) is 17.2 Å². The average molecular weight is 389 g/mol. The van der Waals surface area contributed by atoms with Crippen molar-refractivity contribution in [2.45, 2.75) is 6.92 Å². The Bertz CT molecular complexity index is 1180. The molecule has 0 aliphatic rings. The number of carbonyl (C=O) groups is 1. The number of nitrogens with one attached hydrogen (secondary N) is 3. The van der Waals surface area contributed by atoms with Gasteiger partial charge in [-0.1, -0.05) is 54.6 Å². The Morgan fingerprint density at radius 2 is 1.68 bits per heavy atom. The number of rotatable bonds is 4. The summed E-state index contributed by atoms with van der Waals surface area (Å²) in [6, 6.07) is 21.7. The number of benzene rings is 3. The lowest BCUT2D eigenvalue weighted by atomic mass is 10.1. The van der Waals surface area contributed by atoms with Gasteiger partial charge in [0.25, 0.3) is 0 Å². The topological polar surface area (TPSA) is 66.2 Å². The molecule has 0 unspecified atom stereocenters. The van der Waals surface area contributed by atoms with Crippen LogP contribution < -0.4 is 10.6 Å². The van der Waals surface area contributed by atoms with E-state index in [1.807, 2.05) is 54.6 Å². The van der Waals surface area contributed by atoms with E-state index in [1.165, 1.54) is 0 Å². The van der Waals surface area contributed by atoms with Gasteiger partial charge < -0.3 is 20.4 Å². The van der Waals surface area contributed by atoms with Gasteiger partial charge in [-0.05, 0) is 36.7 Å². The van der Waals surface area contributed by atoms with Gasteiger partial charge in [0.1, 0.15) is 5.69 Å². The van der Waals surface area contributed by atoms with Crippen LogP contribution in [0.25, 0.3) is 21.7 Å². The molecule has 140 valence electrons. The second-order valence-corrected chi connectivity index (χ2v) is 6.66. The minimum atomic E-state index is -0.422. The molecule has 5 nitrogen and oxygen atoms in total. The number of para-hydroxylation sites is 1. The minimum Gasteiger partial charge on any atom is -0.461 e. The van der Waals surface area contributed by atoms with E-state index in [1.54, 1.807) is 6.92 Å². The number of fused-ring (bicyclic) bond motifs is 2. The number of anilines is 2. The van der Waals surface area contributed by atoms with Gasteiger partial charge in [-0.25, -0.2) is 4.79 Å². The molecule has 0 saturated heterocycles.